The van der Waals surface area contributed by atoms with Crippen LogP contribution in [0.5, 0.6) is 0 Å². The van der Waals surface area contributed by atoms with Gasteiger partial charge in [-0.25, -0.2) is 0 Å². The van der Waals surface area contributed by atoms with Crippen LogP contribution in [-0.4, -0.2) is 44.7 Å². The molecular weight excluding hydrogens is 344 g/mol. The van der Waals surface area contributed by atoms with Crippen LogP contribution in [0.4, 0.5) is 0 Å². The third-order valence-corrected chi connectivity index (χ3v) is 5.42. The van der Waals surface area contributed by atoms with Crippen LogP contribution in [0.25, 0.3) is 0 Å². The fraction of sp³-hybridized carbons (Fsp3) is 0.773. The zero-order chi connectivity index (χ0) is 20.1. The molecule has 0 aromatic rings. The molecule has 4 N–H and O–H groups in total. The van der Waals surface area contributed by atoms with Crippen molar-refractivity contribution in [3.63, 3.8) is 0 Å². The molecule has 0 radical (unpaired) electrons. The van der Waals surface area contributed by atoms with E-state index >= 15 is 0 Å². The van der Waals surface area contributed by atoms with Gasteiger partial charge in [0.25, 0.3) is 0 Å². The van der Waals surface area contributed by atoms with Gasteiger partial charge in [-0.1, -0.05) is 56.9 Å². The van der Waals surface area contributed by atoms with Crippen LogP contribution < -0.4 is 0 Å². The lowest BCUT2D eigenvalue weighted by Gasteiger charge is -2.21. The Morgan fingerprint density at radius 3 is 2.56 bits per heavy atom. The maximum Gasteiger partial charge on any atom is 0.303 e. The summed E-state index contributed by atoms with van der Waals surface area (Å²) in [7, 11) is 0. The van der Waals surface area contributed by atoms with E-state index in [1.165, 1.54) is 0 Å². The Kier molecular flexibility index (Phi) is 12.3. The van der Waals surface area contributed by atoms with Gasteiger partial charge in [-0.05, 0) is 38.0 Å². The summed E-state index contributed by atoms with van der Waals surface area (Å²) in [5, 5.41) is 39.1. The van der Waals surface area contributed by atoms with Crippen LogP contribution in [0.1, 0.15) is 77.6 Å². The normalized spacial score (nSPS) is 27.0. The van der Waals surface area contributed by atoms with E-state index in [9.17, 15) is 20.1 Å². The van der Waals surface area contributed by atoms with Crippen LogP contribution in [0.15, 0.2) is 24.3 Å². The summed E-state index contributed by atoms with van der Waals surface area (Å²) in [4.78, 5) is 10.4. The molecule has 1 saturated carbocycles. The molecule has 27 heavy (non-hydrogen) atoms. The summed E-state index contributed by atoms with van der Waals surface area (Å²) >= 11 is 0. The second-order valence-corrected chi connectivity index (χ2v) is 7.76. The zero-order valence-corrected chi connectivity index (χ0v) is 16.7. The van der Waals surface area contributed by atoms with Crippen LogP contribution >= 0.6 is 0 Å². The van der Waals surface area contributed by atoms with E-state index < -0.39 is 24.3 Å². The lowest BCUT2D eigenvalue weighted by molar-refractivity contribution is -0.137. The molecule has 0 aliphatic heterocycles. The lowest BCUT2D eigenvalue weighted by Crippen LogP contribution is -2.21. The molecule has 1 aliphatic rings. The molecule has 0 aromatic heterocycles. The van der Waals surface area contributed by atoms with Crippen LogP contribution in [-0.2, 0) is 4.79 Å². The molecule has 0 unspecified atom stereocenters. The summed E-state index contributed by atoms with van der Waals surface area (Å²) in [6.45, 7) is 2.15. The van der Waals surface area contributed by atoms with Gasteiger partial charge in [0, 0.05) is 18.8 Å². The first kappa shape index (κ1) is 23.9. The van der Waals surface area contributed by atoms with Crippen molar-refractivity contribution in [3.05, 3.63) is 24.3 Å². The Morgan fingerprint density at radius 2 is 1.85 bits per heavy atom. The van der Waals surface area contributed by atoms with E-state index in [2.05, 4.69) is 6.92 Å². The number of hydrogen-bond acceptors (Lipinski definition) is 4. The number of hydrogen-bond donors (Lipinski definition) is 4. The van der Waals surface area contributed by atoms with E-state index in [-0.39, 0.29) is 18.3 Å². The number of aliphatic hydroxyl groups excluding tert-OH is 3. The molecule has 0 spiro atoms. The fourth-order valence-electron chi connectivity index (χ4n) is 3.81. The number of carboxylic acids is 1. The number of carboxylic acid groups (broad SMARTS) is 1. The predicted octanol–water partition coefficient (Wildman–Crippen LogP) is 3.82. The quantitative estimate of drug-likeness (QED) is 0.270. The molecule has 0 aromatic carbocycles. The van der Waals surface area contributed by atoms with Crippen molar-refractivity contribution >= 4 is 5.97 Å². The summed E-state index contributed by atoms with van der Waals surface area (Å²) < 4.78 is 0. The van der Waals surface area contributed by atoms with E-state index in [4.69, 9.17) is 5.11 Å². The van der Waals surface area contributed by atoms with Gasteiger partial charge in [0.05, 0.1) is 18.3 Å². The summed E-state index contributed by atoms with van der Waals surface area (Å²) in [5.41, 5.74) is 0. The first-order chi connectivity index (χ1) is 13.0. The number of unbranched alkanes of at least 4 members (excludes halogenated alkanes) is 5. The largest absolute Gasteiger partial charge is 0.481 e. The SMILES string of the molecule is CCCCC[C@H]1[C@H](/C=C/[C@H](O)C/C=C\CCCCCC(=O)O)[C@@H](O)C[C@H]1O. The van der Waals surface area contributed by atoms with Crippen molar-refractivity contribution in [2.75, 3.05) is 0 Å². The van der Waals surface area contributed by atoms with Crippen molar-refractivity contribution < 1.29 is 25.2 Å². The highest BCUT2D eigenvalue weighted by Gasteiger charge is 2.39. The van der Waals surface area contributed by atoms with Crippen LogP contribution in [0, 0.1) is 11.8 Å². The van der Waals surface area contributed by atoms with Crippen molar-refractivity contribution in [3.8, 4) is 0 Å². The number of aliphatic carboxylic acids is 1. The highest BCUT2D eigenvalue weighted by atomic mass is 16.4. The van der Waals surface area contributed by atoms with Crippen molar-refractivity contribution in [2.24, 2.45) is 11.8 Å². The van der Waals surface area contributed by atoms with E-state index in [0.29, 0.717) is 19.3 Å². The molecule has 1 aliphatic carbocycles. The summed E-state index contributed by atoms with van der Waals surface area (Å²) in [6, 6.07) is 0. The molecule has 0 amide bonds. The number of rotatable bonds is 14. The molecule has 0 bridgehead atoms. The van der Waals surface area contributed by atoms with Gasteiger partial charge in [0.1, 0.15) is 0 Å². The van der Waals surface area contributed by atoms with E-state index in [1.807, 2.05) is 18.2 Å². The smallest absolute Gasteiger partial charge is 0.303 e. The first-order valence-corrected chi connectivity index (χ1v) is 10.5. The zero-order valence-electron chi connectivity index (χ0n) is 16.7. The minimum absolute atomic E-state index is 0.0790. The van der Waals surface area contributed by atoms with Crippen LogP contribution in [0.2, 0.25) is 0 Å². The van der Waals surface area contributed by atoms with E-state index in [0.717, 1.165) is 44.9 Å². The lowest BCUT2D eigenvalue weighted by atomic mass is 9.88. The molecule has 5 nitrogen and oxygen atoms in total. The van der Waals surface area contributed by atoms with Gasteiger partial charge in [0.15, 0.2) is 0 Å². The van der Waals surface area contributed by atoms with Gasteiger partial charge in [-0.3, -0.25) is 4.79 Å². The molecular formula is C22H38O5. The third kappa shape index (κ3) is 10.1. The highest BCUT2D eigenvalue weighted by Crippen LogP contribution is 2.37. The minimum atomic E-state index is -0.743. The molecule has 5 heteroatoms. The van der Waals surface area contributed by atoms with Gasteiger partial charge in [-0.2, -0.15) is 0 Å². The molecule has 1 fully saturated rings. The Balaban J connectivity index is 2.30. The Morgan fingerprint density at radius 1 is 1.07 bits per heavy atom. The van der Waals surface area contributed by atoms with Gasteiger partial charge in [0.2, 0.25) is 0 Å². The maximum atomic E-state index is 10.4. The standard InChI is InChI=1S/C22H38O5/c1-2-3-8-12-18-19(21(25)16-20(18)24)15-14-17(23)11-9-6-4-5-7-10-13-22(26)27/h6,9,14-15,17-21,23-25H,2-5,7-8,10-13,16H2,1H3,(H,26,27)/b9-6-,15-14+/t17-,18+,19+,20-,21+/m1/s1. The van der Waals surface area contributed by atoms with Crippen molar-refractivity contribution in [1.82, 2.24) is 0 Å². The van der Waals surface area contributed by atoms with E-state index in [1.54, 1.807) is 6.08 Å². The average molecular weight is 383 g/mol. The second kappa shape index (κ2) is 13.9. The van der Waals surface area contributed by atoms with Crippen LogP contribution in [0.3, 0.4) is 0 Å². The second-order valence-electron chi connectivity index (χ2n) is 7.76. The Hall–Kier alpha value is -1.17. The Bertz CT molecular complexity index is 460. The van der Waals surface area contributed by atoms with Crippen molar-refractivity contribution in [1.29, 1.82) is 0 Å². The summed E-state index contributed by atoms with van der Waals surface area (Å²) in [5.74, 6) is -0.742. The average Bonchev–Trinajstić information content (AvgIpc) is 2.88. The molecule has 1 rings (SSSR count). The predicted molar refractivity (Wildman–Crippen MR) is 107 cm³/mol. The molecule has 5 atom stereocenters. The van der Waals surface area contributed by atoms with Gasteiger partial charge >= 0.3 is 5.97 Å². The number of aliphatic hydroxyl groups is 3. The highest BCUT2D eigenvalue weighted by molar-refractivity contribution is 5.66. The number of carbonyl (C=O) groups is 1. The van der Waals surface area contributed by atoms with Gasteiger partial charge < -0.3 is 20.4 Å². The van der Waals surface area contributed by atoms with Gasteiger partial charge in [-0.15, -0.1) is 0 Å². The summed E-state index contributed by atoms with van der Waals surface area (Å²) in [6.07, 6.45) is 14.9. The third-order valence-electron chi connectivity index (χ3n) is 5.42. The first-order valence-electron chi connectivity index (χ1n) is 10.5. The monoisotopic (exact) mass is 382 g/mol. The fourth-order valence-corrected chi connectivity index (χ4v) is 3.81. The minimum Gasteiger partial charge on any atom is -0.481 e. The van der Waals surface area contributed by atoms with Crippen molar-refractivity contribution in [2.45, 2.75) is 95.9 Å². The Labute approximate surface area is 163 Å². The molecule has 156 valence electrons. The topological polar surface area (TPSA) is 98.0 Å². The number of allylic oxidation sites excluding steroid dienone is 1. The molecule has 0 heterocycles. The molecule has 0 saturated heterocycles. The maximum absolute atomic E-state index is 10.4.